The van der Waals surface area contributed by atoms with Crippen LogP contribution in [0.5, 0.6) is 0 Å². The van der Waals surface area contributed by atoms with Gasteiger partial charge in [-0.2, -0.15) is 0 Å². The normalized spacial score (nSPS) is 43.9. The summed E-state index contributed by atoms with van der Waals surface area (Å²) in [5.41, 5.74) is 1.05. The number of aliphatic hydroxyl groups is 2. The highest BCUT2D eigenvalue weighted by Crippen LogP contribution is 2.39. The third-order valence-corrected chi connectivity index (χ3v) is 6.73. The second-order valence-corrected chi connectivity index (χ2v) is 8.27. The first kappa shape index (κ1) is 17.4. The molecule has 4 fully saturated rings. The number of piperazine rings is 1. The Labute approximate surface area is 157 Å². The molecule has 0 aromatic carbocycles. The van der Waals surface area contributed by atoms with Crippen LogP contribution < -0.4 is 10.6 Å². The van der Waals surface area contributed by atoms with E-state index in [1.165, 1.54) is 4.90 Å². The molecule has 0 aromatic rings. The van der Waals surface area contributed by atoms with Crippen molar-refractivity contribution in [3.8, 4) is 0 Å². The predicted molar refractivity (Wildman–Crippen MR) is 95.7 cm³/mol. The van der Waals surface area contributed by atoms with Crippen LogP contribution in [0.3, 0.4) is 0 Å². The van der Waals surface area contributed by atoms with E-state index in [4.69, 9.17) is 0 Å². The van der Waals surface area contributed by atoms with Gasteiger partial charge >= 0.3 is 0 Å². The zero-order valence-corrected chi connectivity index (χ0v) is 15.1. The number of nitrogens with zero attached hydrogens (tertiary/aromatic N) is 2. The average molecular weight is 374 g/mol. The van der Waals surface area contributed by atoms with Crippen LogP contribution in [-0.4, -0.2) is 75.5 Å². The maximum absolute atomic E-state index is 13.1. The summed E-state index contributed by atoms with van der Waals surface area (Å²) in [4.78, 5) is 29.6. The zero-order valence-electron chi connectivity index (χ0n) is 15.1. The Balaban J connectivity index is 1.40. The minimum absolute atomic E-state index is 0.239. The number of aliphatic hydroxyl groups excluding tert-OH is 2. The van der Waals surface area contributed by atoms with Gasteiger partial charge in [-0.05, 0) is 37.8 Å². The summed E-state index contributed by atoms with van der Waals surface area (Å²) in [5, 5.41) is 25.9. The molecule has 4 saturated heterocycles. The van der Waals surface area contributed by atoms with E-state index < -0.39 is 30.3 Å². The summed E-state index contributed by atoms with van der Waals surface area (Å²) in [6, 6.07) is 0.273. The van der Waals surface area contributed by atoms with Crippen molar-refractivity contribution in [2.45, 2.75) is 56.3 Å². The van der Waals surface area contributed by atoms with Crippen molar-refractivity contribution in [3.05, 3.63) is 23.9 Å². The molecule has 4 aliphatic heterocycles. The van der Waals surface area contributed by atoms with Crippen LogP contribution in [0.1, 0.15) is 25.7 Å². The van der Waals surface area contributed by atoms with Crippen LogP contribution in [0.25, 0.3) is 0 Å². The van der Waals surface area contributed by atoms with E-state index in [0.717, 1.165) is 31.6 Å². The number of rotatable bonds is 2. The fraction of sp³-hybridized carbons (Fsp3) is 0.684. The molecule has 4 heterocycles. The van der Waals surface area contributed by atoms with Gasteiger partial charge in [-0.3, -0.25) is 19.8 Å². The molecular weight excluding hydrogens is 348 g/mol. The number of carbonyl (C=O) groups excluding carboxylic acids is 2. The lowest BCUT2D eigenvalue weighted by Gasteiger charge is -2.39. The van der Waals surface area contributed by atoms with E-state index in [2.05, 4.69) is 15.5 Å². The highest BCUT2D eigenvalue weighted by Gasteiger charge is 2.52. The molecule has 146 valence electrons. The third kappa shape index (κ3) is 2.66. The number of hydrogen-bond donors (Lipinski definition) is 4. The Morgan fingerprint density at radius 3 is 2.37 bits per heavy atom. The van der Waals surface area contributed by atoms with E-state index in [1.54, 1.807) is 0 Å². The summed E-state index contributed by atoms with van der Waals surface area (Å²) in [6.45, 7) is 1.91. The van der Waals surface area contributed by atoms with Crippen LogP contribution in [0.2, 0.25) is 0 Å². The maximum atomic E-state index is 13.1. The molecule has 5 rings (SSSR count). The second-order valence-electron chi connectivity index (χ2n) is 8.27. The SMILES string of the molecule is O=C1C2C=CC(N3C4CCC3CNC4)=CC2C(=O)N1C1CCC(O)NC1O. The van der Waals surface area contributed by atoms with Crippen molar-refractivity contribution in [2.24, 2.45) is 11.8 Å². The number of allylic oxidation sites excluding steroid dienone is 1. The first-order chi connectivity index (χ1) is 13.0. The van der Waals surface area contributed by atoms with Gasteiger partial charge in [-0.15, -0.1) is 0 Å². The van der Waals surface area contributed by atoms with E-state index >= 15 is 0 Å². The van der Waals surface area contributed by atoms with Crippen molar-refractivity contribution in [1.29, 1.82) is 0 Å². The monoisotopic (exact) mass is 374 g/mol. The predicted octanol–water partition coefficient (Wildman–Crippen LogP) is -1.13. The Morgan fingerprint density at radius 2 is 1.67 bits per heavy atom. The maximum Gasteiger partial charge on any atom is 0.237 e. The number of nitrogens with one attached hydrogen (secondary N) is 2. The Hall–Kier alpha value is -1.74. The van der Waals surface area contributed by atoms with Gasteiger partial charge in [0.25, 0.3) is 0 Å². The van der Waals surface area contributed by atoms with Crippen LogP contribution >= 0.6 is 0 Å². The van der Waals surface area contributed by atoms with Crippen LogP contribution in [0, 0.1) is 11.8 Å². The van der Waals surface area contributed by atoms with Gasteiger partial charge in [-0.1, -0.05) is 6.08 Å². The van der Waals surface area contributed by atoms with Gasteiger partial charge in [-0.25, -0.2) is 0 Å². The highest BCUT2D eigenvalue weighted by molar-refractivity contribution is 6.07. The smallest absolute Gasteiger partial charge is 0.237 e. The first-order valence-corrected chi connectivity index (χ1v) is 9.93. The molecule has 0 radical (unpaired) electrons. The Morgan fingerprint density at radius 1 is 0.963 bits per heavy atom. The average Bonchev–Trinajstić information content (AvgIpc) is 3.05. The molecule has 8 heteroatoms. The molecule has 2 bridgehead atoms. The van der Waals surface area contributed by atoms with Crippen LogP contribution in [-0.2, 0) is 9.59 Å². The van der Waals surface area contributed by atoms with Crippen molar-refractivity contribution in [1.82, 2.24) is 20.4 Å². The van der Waals surface area contributed by atoms with Gasteiger partial charge in [0, 0.05) is 30.9 Å². The molecule has 7 atom stereocenters. The van der Waals surface area contributed by atoms with Gasteiger partial charge in [0.2, 0.25) is 11.8 Å². The molecule has 0 spiro atoms. The lowest BCUT2D eigenvalue weighted by Crippen LogP contribution is -2.58. The van der Waals surface area contributed by atoms with Gasteiger partial charge in [0.1, 0.15) is 12.5 Å². The number of likely N-dealkylation sites (tertiary alicyclic amines) is 1. The van der Waals surface area contributed by atoms with E-state index in [1.807, 2.05) is 18.2 Å². The third-order valence-electron chi connectivity index (χ3n) is 6.73. The molecule has 8 nitrogen and oxygen atoms in total. The molecule has 5 aliphatic rings. The molecule has 2 amide bonds. The number of amides is 2. The standard InChI is InChI=1S/C19H26N4O4/c24-16-6-5-15(17(25)21-16)23-18(26)13-4-3-10(7-14(13)19(23)27)22-11-1-2-12(22)9-20-8-11/h3-4,7,11-17,20-21,24-25H,1-2,5-6,8-9H2. The van der Waals surface area contributed by atoms with Crippen LogP contribution in [0.4, 0.5) is 0 Å². The molecule has 27 heavy (non-hydrogen) atoms. The van der Waals surface area contributed by atoms with E-state index in [-0.39, 0.29) is 11.8 Å². The van der Waals surface area contributed by atoms with Crippen molar-refractivity contribution >= 4 is 11.8 Å². The molecule has 4 N–H and O–H groups in total. The highest BCUT2D eigenvalue weighted by atomic mass is 16.3. The quantitative estimate of drug-likeness (QED) is 0.453. The Bertz CT molecular complexity index is 706. The number of fused-ring (bicyclic) bond motifs is 3. The fourth-order valence-corrected chi connectivity index (χ4v) is 5.40. The number of piperidine rings is 1. The largest absolute Gasteiger partial charge is 0.379 e. The molecule has 1 aliphatic carbocycles. The van der Waals surface area contributed by atoms with E-state index in [9.17, 15) is 19.8 Å². The lowest BCUT2D eigenvalue weighted by atomic mass is 9.89. The Kier molecular flexibility index (Phi) is 4.12. The summed E-state index contributed by atoms with van der Waals surface area (Å²) in [5.74, 6) is -1.47. The molecular formula is C19H26N4O4. The lowest BCUT2D eigenvalue weighted by molar-refractivity contribution is -0.149. The second kappa shape index (κ2) is 6.41. The topological polar surface area (TPSA) is 105 Å². The number of imide groups is 1. The number of hydrogen-bond acceptors (Lipinski definition) is 7. The summed E-state index contributed by atoms with van der Waals surface area (Å²) >= 11 is 0. The summed E-state index contributed by atoms with van der Waals surface area (Å²) < 4.78 is 0. The minimum Gasteiger partial charge on any atom is -0.379 e. The molecule has 0 aromatic heterocycles. The van der Waals surface area contributed by atoms with Crippen molar-refractivity contribution < 1.29 is 19.8 Å². The first-order valence-electron chi connectivity index (χ1n) is 9.93. The van der Waals surface area contributed by atoms with E-state index in [0.29, 0.717) is 24.9 Å². The summed E-state index contributed by atoms with van der Waals surface area (Å²) in [7, 11) is 0. The summed E-state index contributed by atoms with van der Waals surface area (Å²) in [6.07, 6.45) is 7.00. The zero-order chi connectivity index (χ0) is 18.7. The molecule has 7 unspecified atom stereocenters. The van der Waals surface area contributed by atoms with Gasteiger partial charge in [0.15, 0.2) is 0 Å². The van der Waals surface area contributed by atoms with Crippen molar-refractivity contribution in [2.75, 3.05) is 13.1 Å². The van der Waals surface area contributed by atoms with Crippen molar-refractivity contribution in [3.63, 3.8) is 0 Å². The minimum atomic E-state index is -1.10. The van der Waals surface area contributed by atoms with Gasteiger partial charge < -0.3 is 20.4 Å². The van der Waals surface area contributed by atoms with Gasteiger partial charge in [0.05, 0.1) is 17.9 Å². The van der Waals surface area contributed by atoms with Crippen LogP contribution in [0.15, 0.2) is 23.9 Å². The molecule has 0 saturated carbocycles. The fourth-order valence-electron chi connectivity index (χ4n) is 5.40. The number of carbonyl (C=O) groups is 2.